The van der Waals surface area contributed by atoms with Gasteiger partial charge in [0.1, 0.15) is 0 Å². The summed E-state index contributed by atoms with van der Waals surface area (Å²) in [6.45, 7) is 1.60. The Bertz CT molecular complexity index is 385. The molecule has 3 rings (SSSR count). The number of pyridine rings is 1. The molecule has 0 radical (unpaired) electrons. The average Bonchev–Trinajstić information content (AvgIpc) is 2.74. The molecule has 2 heterocycles. The Morgan fingerprint density at radius 2 is 2.19 bits per heavy atom. The number of nitrogens with two attached hydrogens (primary N) is 1. The van der Waals surface area contributed by atoms with Gasteiger partial charge in [0.15, 0.2) is 0 Å². The van der Waals surface area contributed by atoms with Gasteiger partial charge >= 0.3 is 0 Å². The molecule has 16 heavy (non-hydrogen) atoms. The first-order valence-corrected chi connectivity index (χ1v) is 6.10. The van der Waals surface area contributed by atoms with Crippen molar-refractivity contribution < 1.29 is 4.74 Å². The SMILES string of the molecule is NC1(C2CCc3cccnc32)CCOCC1. The molecular weight excluding hydrogens is 200 g/mol. The maximum Gasteiger partial charge on any atom is 0.0484 e. The van der Waals surface area contributed by atoms with Gasteiger partial charge in [-0.15, -0.1) is 0 Å². The van der Waals surface area contributed by atoms with Crippen LogP contribution in [0.4, 0.5) is 0 Å². The molecule has 1 unspecified atom stereocenters. The monoisotopic (exact) mass is 218 g/mol. The molecule has 0 spiro atoms. The molecule has 1 atom stereocenters. The van der Waals surface area contributed by atoms with Crippen LogP contribution in [0.3, 0.4) is 0 Å². The lowest BCUT2D eigenvalue weighted by atomic mass is 9.77. The van der Waals surface area contributed by atoms with Crippen molar-refractivity contribution in [1.29, 1.82) is 0 Å². The van der Waals surface area contributed by atoms with E-state index in [0.717, 1.165) is 38.9 Å². The average molecular weight is 218 g/mol. The Labute approximate surface area is 96.0 Å². The van der Waals surface area contributed by atoms with Gasteiger partial charge < -0.3 is 10.5 Å². The molecule has 1 saturated heterocycles. The summed E-state index contributed by atoms with van der Waals surface area (Å²) in [6.07, 6.45) is 6.11. The molecule has 3 heteroatoms. The molecule has 1 aromatic heterocycles. The third-order valence-electron chi connectivity index (χ3n) is 4.08. The second-order valence-electron chi connectivity index (χ2n) is 4.98. The van der Waals surface area contributed by atoms with E-state index in [4.69, 9.17) is 10.5 Å². The van der Waals surface area contributed by atoms with Crippen LogP contribution in [0.15, 0.2) is 18.3 Å². The molecular formula is C13H18N2O. The van der Waals surface area contributed by atoms with E-state index in [9.17, 15) is 0 Å². The quantitative estimate of drug-likeness (QED) is 0.779. The zero-order chi connectivity index (χ0) is 11.0. The highest BCUT2D eigenvalue weighted by molar-refractivity contribution is 5.32. The number of hydrogen-bond acceptors (Lipinski definition) is 3. The van der Waals surface area contributed by atoms with Crippen LogP contribution >= 0.6 is 0 Å². The first-order valence-electron chi connectivity index (χ1n) is 6.10. The van der Waals surface area contributed by atoms with Crippen LogP contribution < -0.4 is 5.73 Å². The molecule has 1 fully saturated rings. The highest BCUT2D eigenvalue weighted by atomic mass is 16.5. The molecule has 1 aliphatic carbocycles. The van der Waals surface area contributed by atoms with Gasteiger partial charge in [0.2, 0.25) is 0 Å². The van der Waals surface area contributed by atoms with Crippen LogP contribution in [-0.4, -0.2) is 23.7 Å². The van der Waals surface area contributed by atoms with E-state index >= 15 is 0 Å². The van der Waals surface area contributed by atoms with E-state index in [1.54, 1.807) is 0 Å². The van der Waals surface area contributed by atoms with Crippen molar-refractivity contribution in [2.24, 2.45) is 5.73 Å². The van der Waals surface area contributed by atoms with Crippen molar-refractivity contribution >= 4 is 0 Å². The predicted octanol–water partition coefficient (Wildman–Crippen LogP) is 1.62. The summed E-state index contributed by atoms with van der Waals surface area (Å²) in [6, 6.07) is 4.21. The minimum atomic E-state index is -0.0855. The minimum Gasteiger partial charge on any atom is -0.381 e. The van der Waals surface area contributed by atoms with Gasteiger partial charge in [-0.1, -0.05) is 6.07 Å². The van der Waals surface area contributed by atoms with Gasteiger partial charge in [-0.05, 0) is 37.3 Å². The Balaban J connectivity index is 1.91. The standard InChI is InChI=1S/C13H18N2O/c14-13(5-8-16-9-6-13)11-4-3-10-2-1-7-15-12(10)11/h1-2,7,11H,3-6,8-9,14H2. The first kappa shape index (κ1) is 10.2. The lowest BCUT2D eigenvalue weighted by molar-refractivity contribution is 0.0426. The predicted molar refractivity (Wildman–Crippen MR) is 62.3 cm³/mol. The summed E-state index contributed by atoms with van der Waals surface area (Å²) >= 11 is 0. The van der Waals surface area contributed by atoms with Gasteiger partial charge in [0.25, 0.3) is 0 Å². The van der Waals surface area contributed by atoms with E-state index in [1.807, 2.05) is 12.3 Å². The molecule has 0 saturated carbocycles. The van der Waals surface area contributed by atoms with Crippen molar-refractivity contribution in [3.63, 3.8) is 0 Å². The van der Waals surface area contributed by atoms with Crippen LogP contribution in [0.2, 0.25) is 0 Å². The van der Waals surface area contributed by atoms with Gasteiger partial charge in [-0.2, -0.15) is 0 Å². The molecule has 0 amide bonds. The number of ether oxygens (including phenoxy) is 1. The minimum absolute atomic E-state index is 0.0855. The second-order valence-corrected chi connectivity index (χ2v) is 4.98. The van der Waals surface area contributed by atoms with Crippen LogP contribution in [0.25, 0.3) is 0 Å². The fourth-order valence-electron chi connectivity index (χ4n) is 3.07. The highest BCUT2D eigenvalue weighted by Crippen LogP contribution is 2.42. The molecule has 2 aliphatic rings. The van der Waals surface area contributed by atoms with Crippen LogP contribution in [0.5, 0.6) is 0 Å². The van der Waals surface area contributed by atoms with Crippen molar-refractivity contribution in [3.05, 3.63) is 29.6 Å². The van der Waals surface area contributed by atoms with Crippen molar-refractivity contribution in [2.75, 3.05) is 13.2 Å². The van der Waals surface area contributed by atoms with E-state index in [-0.39, 0.29) is 5.54 Å². The Kier molecular flexibility index (Phi) is 2.45. The summed E-state index contributed by atoms with van der Waals surface area (Å²) in [4.78, 5) is 4.54. The van der Waals surface area contributed by atoms with Gasteiger partial charge in [-0.3, -0.25) is 4.98 Å². The Hall–Kier alpha value is -0.930. The summed E-state index contributed by atoms with van der Waals surface area (Å²) in [5, 5.41) is 0. The smallest absolute Gasteiger partial charge is 0.0484 e. The summed E-state index contributed by atoms with van der Waals surface area (Å²) in [5.74, 6) is 0.438. The van der Waals surface area contributed by atoms with Gasteiger partial charge in [0.05, 0.1) is 0 Å². The van der Waals surface area contributed by atoms with Crippen molar-refractivity contribution in [1.82, 2.24) is 4.98 Å². The topological polar surface area (TPSA) is 48.1 Å². The fourth-order valence-corrected chi connectivity index (χ4v) is 3.07. The lowest BCUT2D eigenvalue weighted by Gasteiger charge is -2.38. The van der Waals surface area contributed by atoms with Crippen LogP contribution in [-0.2, 0) is 11.2 Å². The molecule has 1 aromatic rings. The summed E-state index contributed by atoms with van der Waals surface area (Å²) in [5.41, 5.74) is 9.11. The van der Waals surface area contributed by atoms with E-state index in [1.165, 1.54) is 11.3 Å². The number of aryl methyl sites for hydroxylation is 1. The van der Waals surface area contributed by atoms with E-state index in [2.05, 4.69) is 11.1 Å². The second kappa shape index (κ2) is 3.82. The maximum absolute atomic E-state index is 6.56. The molecule has 2 N–H and O–H groups in total. The van der Waals surface area contributed by atoms with Crippen molar-refractivity contribution in [2.45, 2.75) is 37.1 Å². The molecule has 0 aromatic carbocycles. The maximum atomic E-state index is 6.56. The van der Waals surface area contributed by atoms with Crippen LogP contribution in [0, 0.1) is 0 Å². The number of hydrogen-bond donors (Lipinski definition) is 1. The zero-order valence-corrected chi connectivity index (χ0v) is 9.48. The molecule has 3 nitrogen and oxygen atoms in total. The zero-order valence-electron chi connectivity index (χ0n) is 9.48. The highest BCUT2D eigenvalue weighted by Gasteiger charge is 2.41. The summed E-state index contributed by atoms with van der Waals surface area (Å²) < 4.78 is 5.41. The molecule has 0 bridgehead atoms. The fraction of sp³-hybridized carbons (Fsp3) is 0.615. The largest absolute Gasteiger partial charge is 0.381 e. The Morgan fingerprint density at radius 1 is 1.38 bits per heavy atom. The summed E-state index contributed by atoms with van der Waals surface area (Å²) in [7, 11) is 0. The van der Waals surface area contributed by atoms with E-state index < -0.39 is 0 Å². The van der Waals surface area contributed by atoms with Crippen LogP contribution in [0.1, 0.15) is 36.4 Å². The number of fused-ring (bicyclic) bond motifs is 1. The molecule has 1 aliphatic heterocycles. The van der Waals surface area contributed by atoms with Crippen molar-refractivity contribution in [3.8, 4) is 0 Å². The third-order valence-corrected chi connectivity index (χ3v) is 4.08. The lowest BCUT2D eigenvalue weighted by Crippen LogP contribution is -2.49. The van der Waals surface area contributed by atoms with Gasteiger partial charge in [0, 0.05) is 36.6 Å². The number of nitrogens with zero attached hydrogens (tertiary/aromatic N) is 1. The first-order chi connectivity index (χ1) is 7.80. The normalized spacial score (nSPS) is 27.7. The molecule has 86 valence electrons. The van der Waals surface area contributed by atoms with E-state index in [0.29, 0.717) is 5.92 Å². The van der Waals surface area contributed by atoms with Gasteiger partial charge in [-0.25, -0.2) is 0 Å². The Morgan fingerprint density at radius 3 is 3.00 bits per heavy atom. The third kappa shape index (κ3) is 1.55. The number of aromatic nitrogens is 1. The number of rotatable bonds is 1.